The molecule has 1 aliphatic rings. The van der Waals surface area contributed by atoms with Crippen molar-refractivity contribution in [3.8, 4) is 0 Å². The Labute approximate surface area is 140 Å². The van der Waals surface area contributed by atoms with Gasteiger partial charge < -0.3 is 19.3 Å². The molecule has 0 aromatic heterocycles. The fourth-order valence-electron chi connectivity index (χ4n) is 2.35. The van der Waals surface area contributed by atoms with E-state index in [0.29, 0.717) is 13.1 Å². The lowest BCUT2D eigenvalue weighted by molar-refractivity contribution is -0.140. The fraction of sp³-hybridized carbons (Fsp3) is 0.500. The lowest BCUT2D eigenvalue weighted by Gasteiger charge is -2.43. The standard InChI is InChI=1S/C16H22N2O6/c1-11-9-18(14(20)6-8-16(22)24-4)12(2)10-17(11)13(19)5-7-15(21)23-3/h5-8,11-12H,9-10H2,1-4H3/b7-5-,8-6+/t11-,12-/m1/s1. The van der Waals surface area contributed by atoms with Gasteiger partial charge in [-0.2, -0.15) is 0 Å². The first-order valence-electron chi connectivity index (χ1n) is 7.43. The molecule has 0 bridgehead atoms. The zero-order chi connectivity index (χ0) is 18.3. The van der Waals surface area contributed by atoms with Gasteiger partial charge in [-0.25, -0.2) is 9.59 Å². The van der Waals surface area contributed by atoms with Gasteiger partial charge >= 0.3 is 11.9 Å². The van der Waals surface area contributed by atoms with Gasteiger partial charge in [-0.05, 0) is 13.8 Å². The molecule has 24 heavy (non-hydrogen) atoms. The van der Waals surface area contributed by atoms with Crippen LogP contribution in [0, 0.1) is 0 Å². The summed E-state index contributed by atoms with van der Waals surface area (Å²) in [5.41, 5.74) is 0. The highest BCUT2D eigenvalue weighted by molar-refractivity contribution is 5.96. The Kier molecular flexibility index (Phi) is 7.16. The summed E-state index contributed by atoms with van der Waals surface area (Å²) in [6.45, 7) is 4.26. The number of esters is 2. The molecule has 0 radical (unpaired) electrons. The van der Waals surface area contributed by atoms with Gasteiger partial charge in [0.2, 0.25) is 11.8 Å². The molecule has 1 rings (SSSR count). The van der Waals surface area contributed by atoms with E-state index in [4.69, 9.17) is 0 Å². The first-order valence-corrected chi connectivity index (χ1v) is 7.43. The van der Waals surface area contributed by atoms with E-state index in [1.165, 1.54) is 14.2 Å². The van der Waals surface area contributed by atoms with E-state index in [2.05, 4.69) is 9.47 Å². The third-order valence-corrected chi connectivity index (χ3v) is 3.68. The molecule has 0 aliphatic carbocycles. The first-order chi connectivity index (χ1) is 11.3. The second-order valence-electron chi connectivity index (χ2n) is 5.39. The van der Waals surface area contributed by atoms with Crippen molar-refractivity contribution < 1.29 is 28.7 Å². The quantitative estimate of drug-likeness (QED) is 0.525. The predicted molar refractivity (Wildman–Crippen MR) is 84.7 cm³/mol. The molecular formula is C16H22N2O6. The summed E-state index contributed by atoms with van der Waals surface area (Å²) < 4.78 is 8.89. The molecule has 0 unspecified atom stereocenters. The zero-order valence-electron chi connectivity index (χ0n) is 14.2. The average molecular weight is 338 g/mol. The number of hydrogen-bond acceptors (Lipinski definition) is 6. The molecule has 8 nitrogen and oxygen atoms in total. The number of methoxy groups -OCH3 is 2. The van der Waals surface area contributed by atoms with Crippen molar-refractivity contribution in [1.29, 1.82) is 0 Å². The number of hydrogen-bond donors (Lipinski definition) is 0. The number of ether oxygens (including phenoxy) is 2. The Morgan fingerprint density at radius 1 is 0.750 bits per heavy atom. The lowest BCUT2D eigenvalue weighted by Crippen LogP contribution is -2.59. The van der Waals surface area contributed by atoms with Gasteiger partial charge in [0.25, 0.3) is 0 Å². The molecule has 8 heteroatoms. The van der Waals surface area contributed by atoms with Crippen LogP contribution in [0.25, 0.3) is 0 Å². The number of carbonyl (C=O) groups excluding carboxylic acids is 4. The number of carbonyl (C=O) groups is 4. The molecule has 0 aromatic rings. The Bertz CT molecular complexity index is 519. The summed E-state index contributed by atoms with van der Waals surface area (Å²) in [5, 5.41) is 0. The normalized spacial score (nSPS) is 21.2. The number of rotatable bonds is 4. The van der Waals surface area contributed by atoms with E-state index in [0.717, 1.165) is 24.3 Å². The fourth-order valence-corrected chi connectivity index (χ4v) is 2.35. The molecule has 0 N–H and O–H groups in total. The van der Waals surface area contributed by atoms with Crippen LogP contribution >= 0.6 is 0 Å². The molecule has 1 saturated heterocycles. The highest BCUT2D eigenvalue weighted by Crippen LogP contribution is 2.16. The largest absolute Gasteiger partial charge is 0.466 e. The Morgan fingerprint density at radius 2 is 1.08 bits per heavy atom. The minimum absolute atomic E-state index is 0.230. The monoisotopic (exact) mass is 338 g/mol. The van der Waals surface area contributed by atoms with Crippen molar-refractivity contribution in [1.82, 2.24) is 9.80 Å². The highest BCUT2D eigenvalue weighted by atomic mass is 16.5. The summed E-state index contributed by atoms with van der Waals surface area (Å²) in [7, 11) is 2.46. The van der Waals surface area contributed by atoms with E-state index >= 15 is 0 Å². The van der Waals surface area contributed by atoms with E-state index in [1.54, 1.807) is 23.6 Å². The molecule has 2 amide bonds. The van der Waals surface area contributed by atoms with Gasteiger partial charge in [-0.1, -0.05) is 0 Å². The Morgan fingerprint density at radius 3 is 1.38 bits per heavy atom. The van der Waals surface area contributed by atoms with Crippen molar-refractivity contribution >= 4 is 23.8 Å². The summed E-state index contributed by atoms with van der Waals surface area (Å²) in [6.07, 6.45) is 4.44. The van der Waals surface area contributed by atoms with Gasteiger partial charge in [0.05, 0.1) is 14.2 Å². The summed E-state index contributed by atoms with van der Waals surface area (Å²) in [5.74, 6) is -1.86. The summed E-state index contributed by atoms with van der Waals surface area (Å²) >= 11 is 0. The lowest BCUT2D eigenvalue weighted by atomic mass is 10.1. The maximum absolute atomic E-state index is 12.2. The van der Waals surface area contributed by atoms with E-state index in [9.17, 15) is 19.2 Å². The van der Waals surface area contributed by atoms with E-state index in [1.807, 2.05) is 0 Å². The van der Waals surface area contributed by atoms with Crippen LogP contribution in [0.5, 0.6) is 0 Å². The van der Waals surface area contributed by atoms with Crippen molar-refractivity contribution in [3.63, 3.8) is 0 Å². The van der Waals surface area contributed by atoms with Gasteiger partial charge in [-0.3, -0.25) is 9.59 Å². The summed E-state index contributed by atoms with van der Waals surface area (Å²) in [6, 6.07) is -0.460. The molecule has 2 atom stereocenters. The maximum atomic E-state index is 12.2. The third kappa shape index (κ3) is 5.22. The van der Waals surface area contributed by atoms with Crippen molar-refractivity contribution in [2.75, 3.05) is 27.3 Å². The third-order valence-electron chi connectivity index (χ3n) is 3.68. The Hall–Kier alpha value is -2.64. The van der Waals surface area contributed by atoms with Gasteiger partial charge in [0.15, 0.2) is 0 Å². The molecule has 0 spiro atoms. The molecule has 132 valence electrons. The van der Waals surface area contributed by atoms with Crippen molar-refractivity contribution in [2.45, 2.75) is 25.9 Å². The highest BCUT2D eigenvalue weighted by Gasteiger charge is 2.32. The van der Waals surface area contributed by atoms with Crippen LogP contribution in [-0.4, -0.2) is 72.9 Å². The molecule has 1 fully saturated rings. The molecule has 0 saturated carbocycles. The minimum Gasteiger partial charge on any atom is -0.466 e. The molecular weight excluding hydrogens is 316 g/mol. The summed E-state index contributed by atoms with van der Waals surface area (Å²) in [4.78, 5) is 49.6. The van der Waals surface area contributed by atoms with Gasteiger partial charge in [0, 0.05) is 49.5 Å². The molecule has 0 aromatic carbocycles. The second kappa shape index (κ2) is 8.85. The predicted octanol–water partition coefficient (Wildman–Crippen LogP) is -0.107. The average Bonchev–Trinajstić information content (AvgIpc) is 2.58. The van der Waals surface area contributed by atoms with Crippen LogP contribution in [0.15, 0.2) is 24.3 Å². The van der Waals surface area contributed by atoms with Crippen LogP contribution in [0.2, 0.25) is 0 Å². The smallest absolute Gasteiger partial charge is 0.330 e. The first kappa shape index (κ1) is 19.4. The number of piperazine rings is 1. The number of nitrogens with zero attached hydrogens (tertiary/aromatic N) is 2. The van der Waals surface area contributed by atoms with E-state index < -0.39 is 11.9 Å². The van der Waals surface area contributed by atoms with Gasteiger partial charge in [-0.15, -0.1) is 0 Å². The SMILES string of the molecule is COC(=O)/C=C\C(=O)N1C[C@@H](C)N(C(=O)/C=C/C(=O)OC)C[C@H]1C. The second-order valence-corrected chi connectivity index (χ2v) is 5.39. The van der Waals surface area contributed by atoms with Gasteiger partial charge in [0.1, 0.15) is 0 Å². The minimum atomic E-state index is -0.606. The van der Waals surface area contributed by atoms with Crippen molar-refractivity contribution in [3.05, 3.63) is 24.3 Å². The topological polar surface area (TPSA) is 93.2 Å². The van der Waals surface area contributed by atoms with Crippen LogP contribution in [0.3, 0.4) is 0 Å². The molecule has 1 heterocycles. The van der Waals surface area contributed by atoms with Crippen LogP contribution < -0.4 is 0 Å². The van der Waals surface area contributed by atoms with Crippen LogP contribution in [0.4, 0.5) is 0 Å². The Balaban J connectivity index is 2.73. The number of amides is 2. The van der Waals surface area contributed by atoms with Crippen molar-refractivity contribution in [2.24, 2.45) is 0 Å². The maximum Gasteiger partial charge on any atom is 0.330 e. The zero-order valence-corrected chi connectivity index (χ0v) is 14.2. The van der Waals surface area contributed by atoms with Crippen LogP contribution in [-0.2, 0) is 28.7 Å². The van der Waals surface area contributed by atoms with Crippen LogP contribution in [0.1, 0.15) is 13.8 Å². The molecule has 1 aliphatic heterocycles. The van der Waals surface area contributed by atoms with E-state index in [-0.39, 0.29) is 23.9 Å².